The highest BCUT2D eigenvalue weighted by Gasteiger charge is 2.31. The van der Waals surface area contributed by atoms with Crippen LogP contribution in [0.3, 0.4) is 0 Å². The molecule has 0 unspecified atom stereocenters. The lowest BCUT2D eigenvalue weighted by Gasteiger charge is -2.10. The molecule has 0 saturated carbocycles. The third-order valence-corrected chi connectivity index (χ3v) is 3.39. The van der Waals surface area contributed by atoms with E-state index in [2.05, 4.69) is 20.7 Å². The van der Waals surface area contributed by atoms with Crippen LogP contribution in [0.1, 0.15) is 21.5 Å². The Morgan fingerprint density at radius 3 is 2.52 bits per heavy atom. The molecule has 0 radical (unpaired) electrons. The number of carbonyl (C=O) groups excluding carboxylic acids is 1. The molecule has 0 aliphatic rings. The number of aryl methyl sites for hydroxylation is 1. The minimum Gasteiger partial charge on any atom is -0.406 e. The van der Waals surface area contributed by atoms with Gasteiger partial charge < -0.3 is 4.74 Å². The predicted octanol–water partition coefficient (Wildman–Crippen LogP) is 4.89. The minimum absolute atomic E-state index is 0.128. The van der Waals surface area contributed by atoms with Crippen LogP contribution in [0, 0.1) is 6.92 Å². The van der Waals surface area contributed by atoms with E-state index in [4.69, 9.17) is 0 Å². The van der Waals surface area contributed by atoms with Crippen LogP contribution in [0.4, 0.5) is 13.2 Å². The summed E-state index contributed by atoms with van der Waals surface area (Å²) in [7, 11) is 0. The van der Waals surface area contributed by atoms with Gasteiger partial charge in [-0.2, -0.15) is 0 Å². The Labute approximate surface area is 127 Å². The number of rotatable bonds is 3. The SMILES string of the molecule is Cc1ccc(Br)c(C(=O)c2cccc(OC(F)(F)F)c2)c1. The lowest BCUT2D eigenvalue weighted by atomic mass is 10.0. The lowest BCUT2D eigenvalue weighted by molar-refractivity contribution is -0.274. The fourth-order valence-corrected chi connectivity index (χ4v) is 2.23. The Morgan fingerprint density at radius 2 is 1.86 bits per heavy atom. The normalized spacial score (nSPS) is 11.3. The van der Waals surface area contributed by atoms with Crippen molar-refractivity contribution in [3.05, 3.63) is 63.6 Å². The summed E-state index contributed by atoms with van der Waals surface area (Å²) >= 11 is 3.26. The second-order valence-corrected chi connectivity index (χ2v) is 5.24. The van der Waals surface area contributed by atoms with Gasteiger partial charge in [-0.05, 0) is 31.2 Å². The zero-order valence-electron chi connectivity index (χ0n) is 10.9. The van der Waals surface area contributed by atoms with Gasteiger partial charge in [0.1, 0.15) is 5.75 Å². The highest BCUT2D eigenvalue weighted by molar-refractivity contribution is 9.10. The Kier molecular flexibility index (Phi) is 4.37. The third-order valence-electron chi connectivity index (χ3n) is 2.70. The molecule has 0 aliphatic heterocycles. The van der Waals surface area contributed by atoms with Crippen molar-refractivity contribution in [3.8, 4) is 5.75 Å². The second kappa shape index (κ2) is 5.89. The summed E-state index contributed by atoms with van der Waals surface area (Å²) in [5.41, 5.74) is 1.39. The van der Waals surface area contributed by atoms with E-state index in [0.717, 1.165) is 17.7 Å². The minimum atomic E-state index is -4.79. The monoisotopic (exact) mass is 358 g/mol. The molecular formula is C15H10BrF3O2. The molecule has 0 N–H and O–H groups in total. The van der Waals surface area contributed by atoms with Gasteiger partial charge in [0.25, 0.3) is 0 Å². The molecule has 2 aromatic carbocycles. The summed E-state index contributed by atoms with van der Waals surface area (Å²) in [6.45, 7) is 1.83. The predicted molar refractivity (Wildman–Crippen MR) is 75.4 cm³/mol. The Morgan fingerprint density at radius 1 is 1.14 bits per heavy atom. The number of ketones is 1. The van der Waals surface area contributed by atoms with Crippen molar-refractivity contribution in [2.45, 2.75) is 13.3 Å². The molecule has 0 atom stereocenters. The van der Waals surface area contributed by atoms with E-state index in [9.17, 15) is 18.0 Å². The topological polar surface area (TPSA) is 26.3 Å². The van der Waals surface area contributed by atoms with Crippen molar-refractivity contribution in [1.29, 1.82) is 0 Å². The Hall–Kier alpha value is -1.82. The summed E-state index contributed by atoms with van der Waals surface area (Å²) in [6, 6.07) is 10.2. The van der Waals surface area contributed by atoms with E-state index >= 15 is 0 Å². The zero-order chi connectivity index (χ0) is 15.6. The summed E-state index contributed by atoms with van der Waals surface area (Å²) < 4.78 is 41.0. The maximum Gasteiger partial charge on any atom is 0.573 e. The van der Waals surface area contributed by atoms with Gasteiger partial charge in [-0.3, -0.25) is 4.79 Å². The molecule has 21 heavy (non-hydrogen) atoms. The van der Waals surface area contributed by atoms with Crippen LogP contribution >= 0.6 is 15.9 Å². The molecular weight excluding hydrogens is 349 g/mol. The molecule has 0 saturated heterocycles. The molecule has 0 bridgehead atoms. The van der Waals surface area contributed by atoms with E-state index in [1.807, 2.05) is 13.0 Å². The van der Waals surface area contributed by atoms with Gasteiger partial charge in [-0.25, -0.2) is 0 Å². The first kappa shape index (κ1) is 15.6. The number of halogens is 4. The van der Waals surface area contributed by atoms with Crippen LogP contribution < -0.4 is 4.74 Å². The van der Waals surface area contributed by atoms with Crippen molar-refractivity contribution in [2.24, 2.45) is 0 Å². The molecule has 0 amide bonds. The van der Waals surface area contributed by atoms with Crippen LogP contribution in [0.15, 0.2) is 46.9 Å². The maximum atomic E-state index is 12.4. The number of carbonyl (C=O) groups is 1. The second-order valence-electron chi connectivity index (χ2n) is 4.39. The quantitative estimate of drug-likeness (QED) is 0.730. The van der Waals surface area contributed by atoms with E-state index in [-0.39, 0.29) is 11.3 Å². The Bertz CT molecular complexity index is 681. The molecule has 2 nitrogen and oxygen atoms in total. The highest BCUT2D eigenvalue weighted by atomic mass is 79.9. The van der Waals surface area contributed by atoms with Crippen LogP contribution in [-0.4, -0.2) is 12.1 Å². The first-order chi connectivity index (χ1) is 9.76. The first-order valence-electron chi connectivity index (χ1n) is 5.93. The number of benzene rings is 2. The summed E-state index contributed by atoms with van der Waals surface area (Å²) in [6.07, 6.45) is -4.79. The average Bonchev–Trinajstić information content (AvgIpc) is 2.39. The first-order valence-corrected chi connectivity index (χ1v) is 6.72. The number of alkyl halides is 3. The fourth-order valence-electron chi connectivity index (χ4n) is 1.80. The fraction of sp³-hybridized carbons (Fsp3) is 0.133. The third kappa shape index (κ3) is 4.07. The molecule has 6 heteroatoms. The lowest BCUT2D eigenvalue weighted by Crippen LogP contribution is -2.17. The van der Waals surface area contributed by atoms with Gasteiger partial charge in [0.15, 0.2) is 5.78 Å². The molecule has 2 aromatic rings. The number of ether oxygens (including phenoxy) is 1. The summed E-state index contributed by atoms with van der Waals surface area (Å²) in [5, 5.41) is 0. The largest absolute Gasteiger partial charge is 0.573 e. The van der Waals surface area contributed by atoms with Gasteiger partial charge in [-0.1, -0.05) is 39.7 Å². The van der Waals surface area contributed by atoms with Crippen molar-refractivity contribution in [1.82, 2.24) is 0 Å². The number of hydrogen-bond acceptors (Lipinski definition) is 2. The molecule has 2 rings (SSSR count). The van der Waals surface area contributed by atoms with Gasteiger partial charge in [-0.15, -0.1) is 13.2 Å². The van der Waals surface area contributed by atoms with E-state index in [0.29, 0.717) is 10.0 Å². The highest BCUT2D eigenvalue weighted by Crippen LogP contribution is 2.26. The van der Waals surface area contributed by atoms with E-state index in [1.54, 1.807) is 12.1 Å². The van der Waals surface area contributed by atoms with E-state index < -0.39 is 12.1 Å². The van der Waals surface area contributed by atoms with Crippen LogP contribution in [0.25, 0.3) is 0 Å². The maximum absolute atomic E-state index is 12.4. The standard InChI is InChI=1S/C15H10BrF3O2/c1-9-5-6-13(16)12(7-9)14(20)10-3-2-4-11(8-10)21-15(17,18)19/h2-8H,1H3. The molecule has 0 aromatic heterocycles. The van der Waals surface area contributed by atoms with Crippen molar-refractivity contribution in [2.75, 3.05) is 0 Å². The molecule has 0 fully saturated rings. The average molecular weight is 359 g/mol. The van der Waals surface area contributed by atoms with Crippen LogP contribution in [0.5, 0.6) is 5.75 Å². The number of hydrogen-bond donors (Lipinski definition) is 0. The van der Waals surface area contributed by atoms with Gasteiger partial charge in [0.05, 0.1) is 0 Å². The van der Waals surface area contributed by atoms with Gasteiger partial charge in [0, 0.05) is 15.6 Å². The summed E-state index contributed by atoms with van der Waals surface area (Å²) in [5.74, 6) is -0.796. The zero-order valence-corrected chi connectivity index (χ0v) is 12.5. The van der Waals surface area contributed by atoms with Crippen molar-refractivity contribution < 1.29 is 22.7 Å². The van der Waals surface area contributed by atoms with Crippen LogP contribution in [0.2, 0.25) is 0 Å². The van der Waals surface area contributed by atoms with Crippen molar-refractivity contribution >= 4 is 21.7 Å². The molecule has 0 heterocycles. The molecule has 0 spiro atoms. The van der Waals surface area contributed by atoms with Crippen LogP contribution in [-0.2, 0) is 0 Å². The smallest absolute Gasteiger partial charge is 0.406 e. The molecule has 0 aliphatic carbocycles. The van der Waals surface area contributed by atoms with Crippen molar-refractivity contribution in [3.63, 3.8) is 0 Å². The summed E-state index contributed by atoms with van der Waals surface area (Å²) in [4.78, 5) is 12.4. The Balaban J connectivity index is 2.35. The molecule has 110 valence electrons. The van der Waals surface area contributed by atoms with Gasteiger partial charge >= 0.3 is 6.36 Å². The van der Waals surface area contributed by atoms with Gasteiger partial charge in [0.2, 0.25) is 0 Å². The van der Waals surface area contributed by atoms with E-state index in [1.165, 1.54) is 12.1 Å².